The Hall–Kier alpha value is -2.41. The third-order valence-corrected chi connectivity index (χ3v) is 3.72. The largest absolute Gasteiger partial charge is 0.497 e. The van der Waals surface area contributed by atoms with E-state index in [1.807, 2.05) is 18.2 Å². The number of methoxy groups -OCH3 is 1. The average molecular weight is 288 g/mol. The van der Waals surface area contributed by atoms with Gasteiger partial charge in [-0.3, -0.25) is 10.0 Å². The molecule has 2 N–H and O–H groups in total. The number of anilines is 1. The van der Waals surface area contributed by atoms with Crippen LogP contribution in [0.4, 0.5) is 5.69 Å². The number of benzene rings is 1. The number of amides is 1. The van der Waals surface area contributed by atoms with E-state index < -0.39 is 0 Å². The van der Waals surface area contributed by atoms with Crippen LogP contribution in [0, 0.1) is 5.92 Å². The van der Waals surface area contributed by atoms with E-state index in [2.05, 4.69) is 15.1 Å². The Balaban J connectivity index is 1.78. The average Bonchev–Trinajstić information content (AvgIpc) is 2.49. The highest BCUT2D eigenvalue weighted by molar-refractivity contribution is 5.92. The molecule has 0 saturated carbocycles. The summed E-state index contributed by atoms with van der Waals surface area (Å²) in [6, 6.07) is 5.71. The predicted octanol–water partition coefficient (Wildman–Crippen LogP) is 0.970. The first-order valence-electron chi connectivity index (χ1n) is 6.68. The van der Waals surface area contributed by atoms with Crippen LogP contribution in [0.15, 0.2) is 24.4 Å². The molecule has 7 nitrogen and oxygen atoms in total. The van der Waals surface area contributed by atoms with Crippen LogP contribution in [0.2, 0.25) is 0 Å². The standard InChI is InChI=1S/C14H16N4O3/c1-21-10-2-3-11-12(5-10)16-15-6-13(11)18-7-9(8-18)4-14(19)17-20/h2-3,5-6,9,20H,4,7-8H2,1H3,(H,17,19). The normalized spacial score (nSPS) is 14.9. The zero-order valence-electron chi connectivity index (χ0n) is 11.6. The number of ether oxygens (including phenoxy) is 1. The van der Waals surface area contributed by atoms with Crippen molar-refractivity contribution >= 4 is 22.5 Å². The molecule has 1 aliphatic rings. The molecule has 7 heteroatoms. The summed E-state index contributed by atoms with van der Waals surface area (Å²) in [6.07, 6.45) is 2.06. The maximum absolute atomic E-state index is 11.1. The second kappa shape index (κ2) is 5.53. The first-order chi connectivity index (χ1) is 10.2. The quantitative estimate of drug-likeness (QED) is 0.644. The van der Waals surface area contributed by atoms with Crippen molar-refractivity contribution in [3.05, 3.63) is 24.4 Å². The van der Waals surface area contributed by atoms with Crippen molar-refractivity contribution in [3.8, 4) is 5.75 Å². The zero-order valence-corrected chi connectivity index (χ0v) is 11.6. The van der Waals surface area contributed by atoms with E-state index in [1.165, 1.54) is 0 Å². The van der Waals surface area contributed by atoms with Crippen LogP contribution in [0.1, 0.15) is 6.42 Å². The second-order valence-corrected chi connectivity index (χ2v) is 5.12. The molecule has 110 valence electrons. The van der Waals surface area contributed by atoms with Gasteiger partial charge in [0.05, 0.1) is 24.5 Å². The van der Waals surface area contributed by atoms with E-state index in [1.54, 1.807) is 18.8 Å². The van der Waals surface area contributed by atoms with Crippen molar-refractivity contribution in [2.24, 2.45) is 5.92 Å². The smallest absolute Gasteiger partial charge is 0.243 e. The van der Waals surface area contributed by atoms with Gasteiger partial charge in [0, 0.05) is 36.9 Å². The van der Waals surface area contributed by atoms with Gasteiger partial charge in [0.15, 0.2) is 0 Å². The van der Waals surface area contributed by atoms with Crippen LogP contribution < -0.4 is 15.1 Å². The highest BCUT2D eigenvalue weighted by Crippen LogP contribution is 2.32. The molecular formula is C14H16N4O3. The molecule has 1 aliphatic heterocycles. The van der Waals surface area contributed by atoms with Gasteiger partial charge in [-0.2, -0.15) is 10.2 Å². The minimum absolute atomic E-state index is 0.249. The SMILES string of the molecule is COc1ccc2c(N3CC(CC(=O)NO)C3)cnnc2c1. The van der Waals surface area contributed by atoms with Crippen LogP contribution in [0.25, 0.3) is 10.9 Å². The first kappa shape index (κ1) is 13.6. The maximum Gasteiger partial charge on any atom is 0.243 e. The van der Waals surface area contributed by atoms with E-state index >= 15 is 0 Å². The van der Waals surface area contributed by atoms with Gasteiger partial charge in [0.25, 0.3) is 0 Å². The van der Waals surface area contributed by atoms with Crippen molar-refractivity contribution in [2.45, 2.75) is 6.42 Å². The van der Waals surface area contributed by atoms with Gasteiger partial charge >= 0.3 is 0 Å². The number of rotatable bonds is 4. The lowest BCUT2D eigenvalue weighted by Crippen LogP contribution is -2.48. The highest BCUT2D eigenvalue weighted by Gasteiger charge is 2.30. The fourth-order valence-electron chi connectivity index (χ4n) is 2.61. The van der Waals surface area contributed by atoms with E-state index in [4.69, 9.17) is 9.94 Å². The molecule has 0 unspecified atom stereocenters. The van der Waals surface area contributed by atoms with Gasteiger partial charge in [-0.05, 0) is 12.1 Å². The summed E-state index contributed by atoms with van der Waals surface area (Å²) >= 11 is 0. The van der Waals surface area contributed by atoms with Gasteiger partial charge in [-0.25, -0.2) is 5.48 Å². The number of hydroxylamine groups is 1. The van der Waals surface area contributed by atoms with Gasteiger partial charge in [0.1, 0.15) is 5.75 Å². The monoisotopic (exact) mass is 288 g/mol. The lowest BCUT2D eigenvalue weighted by Gasteiger charge is -2.40. The molecule has 2 aromatic rings. The third kappa shape index (κ3) is 2.59. The predicted molar refractivity (Wildman–Crippen MR) is 76.3 cm³/mol. The molecule has 3 rings (SSSR count). The van der Waals surface area contributed by atoms with Gasteiger partial charge < -0.3 is 9.64 Å². The summed E-state index contributed by atoms with van der Waals surface area (Å²) in [5.41, 5.74) is 3.45. The van der Waals surface area contributed by atoms with Crippen molar-refractivity contribution in [2.75, 3.05) is 25.1 Å². The second-order valence-electron chi connectivity index (χ2n) is 5.12. The van der Waals surface area contributed by atoms with Crippen LogP contribution in [-0.4, -0.2) is 41.5 Å². The van der Waals surface area contributed by atoms with Crippen LogP contribution in [-0.2, 0) is 4.79 Å². The van der Waals surface area contributed by atoms with Crippen molar-refractivity contribution in [1.29, 1.82) is 0 Å². The van der Waals surface area contributed by atoms with Gasteiger partial charge in [0.2, 0.25) is 5.91 Å². The highest BCUT2D eigenvalue weighted by atomic mass is 16.5. The van der Waals surface area contributed by atoms with Gasteiger partial charge in [-0.1, -0.05) is 0 Å². The first-order valence-corrected chi connectivity index (χ1v) is 6.68. The number of fused-ring (bicyclic) bond motifs is 1. The fraction of sp³-hybridized carbons (Fsp3) is 0.357. The molecule has 0 aliphatic carbocycles. The summed E-state index contributed by atoms with van der Waals surface area (Å²) in [5.74, 6) is 0.649. The van der Waals surface area contributed by atoms with E-state index in [0.29, 0.717) is 6.42 Å². The Morgan fingerprint density at radius 3 is 3.05 bits per heavy atom. The zero-order chi connectivity index (χ0) is 14.8. The fourth-order valence-corrected chi connectivity index (χ4v) is 2.61. The van der Waals surface area contributed by atoms with E-state index in [0.717, 1.165) is 35.4 Å². The Morgan fingerprint density at radius 1 is 1.52 bits per heavy atom. The number of carbonyl (C=O) groups is 1. The van der Waals surface area contributed by atoms with Crippen LogP contribution in [0.3, 0.4) is 0 Å². The van der Waals surface area contributed by atoms with Crippen molar-refractivity contribution < 1.29 is 14.7 Å². The number of hydrogen-bond donors (Lipinski definition) is 2. The van der Waals surface area contributed by atoms with Crippen LogP contribution >= 0.6 is 0 Å². The summed E-state index contributed by atoms with van der Waals surface area (Å²) in [4.78, 5) is 13.3. The molecule has 1 aromatic heterocycles. The topological polar surface area (TPSA) is 87.6 Å². The van der Waals surface area contributed by atoms with E-state index in [9.17, 15) is 4.79 Å². The summed E-state index contributed by atoms with van der Waals surface area (Å²) in [6.45, 7) is 1.53. The number of carbonyl (C=O) groups excluding carboxylic acids is 1. The number of hydrogen-bond acceptors (Lipinski definition) is 6. The molecule has 0 spiro atoms. The lowest BCUT2D eigenvalue weighted by molar-refractivity contribution is -0.130. The Morgan fingerprint density at radius 2 is 2.33 bits per heavy atom. The molecule has 0 atom stereocenters. The molecule has 21 heavy (non-hydrogen) atoms. The van der Waals surface area contributed by atoms with Crippen molar-refractivity contribution in [3.63, 3.8) is 0 Å². The molecule has 1 saturated heterocycles. The van der Waals surface area contributed by atoms with Gasteiger partial charge in [-0.15, -0.1) is 0 Å². The third-order valence-electron chi connectivity index (χ3n) is 3.72. The summed E-state index contributed by atoms with van der Waals surface area (Å²) in [5, 5.41) is 17.7. The number of aromatic nitrogens is 2. The molecule has 1 amide bonds. The summed E-state index contributed by atoms with van der Waals surface area (Å²) in [7, 11) is 1.62. The molecule has 1 fully saturated rings. The molecular weight excluding hydrogens is 272 g/mol. The maximum atomic E-state index is 11.1. The molecule has 0 radical (unpaired) electrons. The number of nitrogens with zero attached hydrogens (tertiary/aromatic N) is 3. The molecule has 0 bridgehead atoms. The van der Waals surface area contributed by atoms with Crippen LogP contribution in [0.5, 0.6) is 5.75 Å². The Bertz CT molecular complexity index is 670. The van der Waals surface area contributed by atoms with E-state index in [-0.39, 0.29) is 11.8 Å². The lowest BCUT2D eigenvalue weighted by atomic mass is 9.95. The Labute approximate surface area is 121 Å². The Kier molecular flexibility index (Phi) is 3.57. The number of nitrogens with one attached hydrogen (secondary N) is 1. The molecule has 2 heterocycles. The summed E-state index contributed by atoms with van der Waals surface area (Å²) < 4.78 is 5.19. The minimum atomic E-state index is -0.345. The molecule has 1 aromatic carbocycles. The van der Waals surface area contributed by atoms with Crippen molar-refractivity contribution in [1.82, 2.24) is 15.7 Å². The minimum Gasteiger partial charge on any atom is -0.497 e.